The van der Waals surface area contributed by atoms with Crippen molar-refractivity contribution >= 4 is 10.9 Å². The Morgan fingerprint density at radius 1 is 0.958 bits per heavy atom. The van der Waals surface area contributed by atoms with Gasteiger partial charge in [-0.15, -0.1) is 0 Å². The van der Waals surface area contributed by atoms with Crippen LogP contribution in [0.1, 0.15) is 25.8 Å². The van der Waals surface area contributed by atoms with Crippen molar-refractivity contribution in [3.63, 3.8) is 0 Å². The first kappa shape index (κ1) is 15.4. The monoisotopic (exact) mass is 322 g/mol. The fraction of sp³-hybridized carbons (Fsp3) is 0.333. The number of likely N-dealkylation sites (tertiary alicyclic amines) is 1. The molecule has 0 unspecified atom stereocenters. The van der Waals surface area contributed by atoms with Crippen LogP contribution in [0.2, 0.25) is 0 Å². The van der Waals surface area contributed by atoms with Crippen LogP contribution in [0.25, 0.3) is 22.0 Å². The lowest BCUT2D eigenvalue weighted by atomic mass is 10.0. The molecule has 0 amide bonds. The molecule has 0 N–H and O–H groups in total. The molecule has 1 fully saturated rings. The van der Waals surface area contributed by atoms with Crippen LogP contribution >= 0.6 is 0 Å². The zero-order valence-corrected chi connectivity index (χ0v) is 14.1. The molecule has 2 aromatic carbocycles. The van der Waals surface area contributed by atoms with Crippen LogP contribution in [0.15, 0.2) is 54.7 Å². The van der Waals surface area contributed by atoms with Crippen LogP contribution in [-0.4, -0.2) is 29.1 Å². The van der Waals surface area contributed by atoms with E-state index in [1.807, 2.05) is 12.1 Å². The highest BCUT2D eigenvalue weighted by atomic mass is 19.1. The summed E-state index contributed by atoms with van der Waals surface area (Å²) < 4.78 is 15.6. The molecule has 0 atom stereocenters. The summed E-state index contributed by atoms with van der Waals surface area (Å²) in [5, 5.41) is 1.28. The Labute approximate surface area is 142 Å². The van der Waals surface area contributed by atoms with Crippen LogP contribution < -0.4 is 0 Å². The summed E-state index contributed by atoms with van der Waals surface area (Å²) in [6, 6.07) is 16.1. The highest BCUT2D eigenvalue weighted by Gasteiger charge is 2.20. The van der Waals surface area contributed by atoms with Gasteiger partial charge >= 0.3 is 0 Å². The largest absolute Gasteiger partial charge is 0.344 e. The molecule has 0 radical (unpaired) electrons. The summed E-state index contributed by atoms with van der Waals surface area (Å²) in [6.07, 6.45) is 4.64. The van der Waals surface area contributed by atoms with Gasteiger partial charge in [0.25, 0.3) is 0 Å². The van der Waals surface area contributed by atoms with Gasteiger partial charge < -0.3 is 9.47 Å². The molecule has 24 heavy (non-hydrogen) atoms. The quantitative estimate of drug-likeness (QED) is 0.651. The summed E-state index contributed by atoms with van der Waals surface area (Å²) in [5.74, 6) is -0.189. The maximum absolute atomic E-state index is 13.2. The predicted octanol–water partition coefficient (Wildman–Crippen LogP) is 5.10. The highest BCUT2D eigenvalue weighted by molar-refractivity contribution is 5.85. The molecule has 124 valence electrons. The van der Waals surface area contributed by atoms with Gasteiger partial charge in [0.15, 0.2) is 0 Å². The molecular formula is C21H23FN2. The summed E-state index contributed by atoms with van der Waals surface area (Å²) in [5.41, 5.74) is 3.49. The molecule has 2 heterocycles. The molecule has 2 nitrogen and oxygen atoms in total. The van der Waals surface area contributed by atoms with Gasteiger partial charge in [-0.2, -0.15) is 0 Å². The molecular weight excluding hydrogens is 299 g/mol. The highest BCUT2D eigenvalue weighted by Crippen LogP contribution is 2.30. The van der Waals surface area contributed by atoms with E-state index >= 15 is 0 Å². The fourth-order valence-electron chi connectivity index (χ4n) is 3.80. The number of aromatic nitrogens is 1. The van der Waals surface area contributed by atoms with Gasteiger partial charge in [0.2, 0.25) is 0 Å². The van der Waals surface area contributed by atoms with Crippen LogP contribution in [0.4, 0.5) is 4.39 Å². The van der Waals surface area contributed by atoms with Crippen molar-refractivity contribution in [2.24, 2.45) is 0 Å². The van der Waals surface area contributed by atoms with E-state index in [4.69, 9.17) is 0 Å². The summed E-state index contributed by atoms with van der Waals surface area (Å²) in [6.45, 7) is 5.74. The number of rotatable bonds is 3. The van der Waals surface area contributed by atoms with E-state index in [1.165, 1.54) is 49.0 Å². The first-order valence-electron chi connectivity index (χ1n) is 8.83. The third-order valence-electron chi connectivity index (χ3n) is 5.30. The minimum Gasteiger partial charge on any atom is -0.344 e. The van der Waals surface area contributed by atoms with E-state index in [2.05, 4.69) is 46.9 Å². The third-order valence-corrected chi connectivity index (χ3v) is 5.30. The normalized spacial score (nSPS) is 16.8. The smallest absolute Gasteiger partial charge is 0.123 e. The number of fused-ring (bicyclic) bond motifs is 1. The van der Waals surface area contributed by atoms with Crippen molar-refractivity contribution in [2.75, 3.05) is 19.6 Å². The van der Waals surface area contributed by atoms with Crippen molar-refractivity contribution in [3.05, 3.63) is 60.5 Å². The zero-order chi connectivity index (χ0) is 16.5. The molecule has 1 aliphatic rings. The Bertz CT molecular complexity index is 827. The Morgan fingerprint density at radius 2 is 1.67 bits per heavy atom. The van der Waals surface area contributed by atoms with Crippen LogP contribution in [0.3, 0.4) is 0 Å². The number of hydrogen-bond donors (Lipinski definition) is 0. The van der Waals surface area contributed by atoms with Crippen molar-refractivity contribution in [3.8, 4) is 11.1 Å². The standard InChI is InChI=1S/C21H23FN2/c1-2-23-12-10-20(11-13-23)24-14-9-17-3-4-18(15-21(17)24)16-5-7-19(22)8-6-16/h3-9,14-15,20H,2,10-13H2,1H3. The number of halogens is 1. The van der Waals surface area contributed by atoms with Gasteiger partial charge in [-0.25, -0.2) is 4.39 Å². The van der Waals surface area contributed by atoms with Gasteiger partial charge in [0.05, 0.1) is 0 Å². The Balaban J connectivity index is 1.67. The number of piperidine rings is 1. The van der Waals surface area contributed by atoms with Crippen molar-refractivity contribution in [1.82, 2.24) is 9.47 Å². The lowest BCUT2D eigenvalue weighted by molar-refractivity contribution is 0.197. The molecule has 0 aliphatic carbocycles. The molecule has 0 spiro atoms. The van der Waals surface area contributed by atoms with Crippen molar-refractivity contribution < 1.29 is 4.39 Å². The van der Waals surface area contributed by atoms with E-state index in [0.29, 0.717) is 6.04 Å². The molecule has 3 heteroatoms. The van der Waals surface area contributed by atoms with E-state index in [1.54, 1.807) is 0 Å². The first-order chi connectivity index (χ1) is 11.7. The van der Waals surface area contributed by atoms with Gasteiger partial charge in [-0.1, -0.05) is 31.2 Å². The molecule has 3 aromatic rings. The van der Waals surface area contributed by atoms with Gasteiger partial charge in [0.1, 0.15) is 5.82 Å². The van der Waals surface area contributed by atoms with Gasteiger partial charge in [-0.3, -0.25) is 0 Å². The fourth-order valence-corrected chi connectivity index (χ4v) is 3.80. The number of nitrogens with zero attached hydrogens (tertiary/aromatic N) is 2. The zero-order valence-electron chi connectivity index (χ0n) is 14.1. The summed E-state index contributed by atoms with van der Waals surface area (Å²) >= 11 is 0. The predicted molar refractivity (Wildman–Crippen MR) is 97.7 cm³/mol. The van der Waals surface area contributed by atoms with Crippen molar-refractivity contribution in [2.45, 2.75) is 25.8 Å². The number of benzene rings is 2. The summed E-state index contributed by atoms with van der Waals surface area (Å²) in [4.78, 5) is 2.52. The van der Waals surface area contributed by atoms with Gasteiger partial charge in [-0.05, 0) is 60.2 Å². The summed E-state index contributed by atoms with van der Waals surface area (Å²) in [7, 11) is 0. The van der Waals surface area contributed by atoms with E-state index in [0.717, 1.165) is 17.7 Å². The minimum atomic E-state index is -0.189. The van der Waals surface area contributed by atoms with Crippen molar-refractivity contribution in [1.29, 1.82) is 0 Å². The lowest BCUT2D eigenvalue weighted by Crippen LogP contribution is -2.34. The molecule has 1 aliphatic heterocycles. The Hall–Kier alpha value is -2.13. The molecule has 1 aromatic heterocycles. The third kappa shape index (κ3) is 2.84. The molecule has 4 rings (SSSR count). The topological polar surface area (TPSA) is 8.17 Å². The molecule has 0 bridgehead atoms. The SMILES string of the molecule is CCN1CCC(n2ccc3ccc(-c4ccc(F)cc4)cc32)CC1. The maximum Gasteiger partial charge on any atom is 0.123 e. The van der Waals surface area contributed by atoms with Gasteiger partial charge in [0, 0.05) is 30.8 Å². The average Bonchev–Trinajstić information content (AvgIpc) is 3.05. The Kier molecular flexibility index (Phi) is 4.11. The Morgan fingerprint density at radius 3 is 2.38 bits per heavy atom. The average molecular weight is 322 g/mol. The minimum absolute atomic E-state index is 0.189. The van der Waals surface area contributed by atoms with Crippen LogP contribution in [0, 0.1) is 5.82 Å². The van der Waals surface area contributed by atoms with Crippen LogP contribution in [-0.2, 0) is 0 Å². The second kappa shape index (κ2) is 6.40. The number of hydrogen-bond acceptors (Lipinski definition) is 1. The molecule has 0 saturated carbocycles. The lowest BCUT2D eigenvalue weighted by Gasteiger charge is -2.32. The van der Waals surface area contributed by atoms with E-state index in [9.17, 15) is 4.39 Å². The van der Waals surface area contributed by atoms with Crippen LogP contribution in [0.5, 0.6) is 0 Å². The molecule has 1 saturated heterocycles. The van der Waals surface area contributed by atoms with E-state index < -0.39 is 0 Å². The second-order valence-corrected chi connectivity index (χ2v) is 6.67. The van der Waals surface area contributed by atoms with E-state index in [-0.39, 0.29) is 5.82 Å². The maximum atomic E-state index is 13.2. The second-order valence-electron chi connectivity index (χ2n) is 6.67. The first-order valence-corrected chi connectivity index (χ1v) is 8.83.